The van der Waals surface area contributed by atoms with Gasteiger partial charge >= 0.3 is 0 Å². The number of aromatic nitrogens is 2. The van der Waals surface area contributed by atoms with Crippen LogP contribution in [0.15, 0.2) is 12.1 Å². The molecular weight excluding hydrogens is 244 g/mol. The van der Waals surface area contributed by atoms with Crippen LogP contribution in [0.5, 0.6) is 11.5 Å². The number of benzene rings is 1. The fourth-order valence-corrected chi connectivity index (χ4v) is 2.10. The molecule has 0 saturated carbocycles. The number of fused-ring (bicyclic) bond motifs is 2. The Balaban J connectivity index is 1.86. The van der Waals surface area contributed by atoms with Gasteiger partial charge in [0.05, 0.1) is 24.2 Å². The minimum absolute atomic E-state index is 0.509. The van der Waals surface area contributed by atoms with Gasteiger partial charge in [-0.25, -0.2) is 4.98 Å². The number of rotatable bonds is 4. The monoisotopic (exact) mass is 262 g/mol. The van der Waals surface area contributed by atoms with E-state index in [0.29, 0.717) is 19.8 Å². The molecule has 5 heteroatoms. The molecule has 1 aromatic heterocycles. The van der Waals surface area contributed by atoms with E-state index >= 15 is 0 Å². The molecular formula is C14H18N2O3. The first-order valence-electron chi connectivity index (χ1n) is 6.73. The molecule has 0 saturated heterocycles. The van der Waals surface area contributed by atoms with Gasteiger partial charge in [0, 0.05) is 25.2 Å². The Labute approximate surface area is 111 Å². The number of H-pyrrole nitrogens is 1. The summed E-state index contributed by atoms with van der Waals surface area (Å²) in [6, 6.07) is 3.88. The van der Waals surface area contributed by atoms with Crippen molar-refractivity contribution in [1.29, 1.82) is 0 Å². The van der Waals surface area contributed by atoms with Crippen molar-refractivity contribution < 1.29 is 14.2 Å². The van der Waals surface area contributed by atoms with E-state index < -0.39 is 0 Å². The lowest BCUT2D eigenvalue weighted by molar-refractivity contribution is 0.117. The van der Waals surface area contributed by atoms with Crippen LogP contribution in [0.3, 0.4) is 0 Å². The zero-order valence-corrected chi connectivity index (χ0v) is 11.1. The second-order valence-corrected chi connectivity index (χ2v) is 4.60. The maximum Gasteiger partial charge on any atom is 0.163 e. The van der Waals surface area contributed by atoms with Gasteiger partial charge in [0.1, 0.15) is 12.4 Å². The van der Waals surface area contributed by atoms with Gasteiger partial charge < -0.3 is 19.2 Å². The Morgan fingerprint density at radius 1 is 1.26 bits per heavy atom. The zero-order valence-electron chi connectivity index (χ0n) is 11.1. The third kappa shape index (κ3) is 2.66. The molecule has 2 aromatic rings. The minimum Gasteiger partial charge on any atom is -0.489 e. The van der Waals surface area contributed by atoms with E-state index in [4.69, 9.17) is 14.2 Å². The van der Waals surface area contributed by atoms with Crippen LogP contribution in [0.4, 0.5) is 0 Å². The van der Waals surface area contributed by atoms with Crippen LogP contribution >= 0.6 is 0 Å². The molecule has 0 aliphatic carbocycles. The van der Waals surface area contributed by atoms with E-state index in [2.05, 4.69) is 16.9 Å². The molecule has 0 radical (unpaired) electrons. The fourth-order valence-electron chi connectivity index (χ4n) is 2.10. The molecule has 0 bridgehead atoms. The molecule has 0 unspecified atom stereocenters. The molecule has 0 fully saturated rings. The molecule has 1 N–H and O–H groups in total. The summed E-state index contributed by atoms with van der Waals surface area (Å²) in [5.74, 6) is 2.40. The first-order chi connectivity index (χ1) is 9.36. The summed E-state index contributed by atoms with van der Waals surface area (Å²) in [6.45, 7) is 4.73. The highest BCUT2D eigenvalue weighted by Crippen LogP contribution is 2.33. The van der Waals surface area contributed by atoms with Crippen LogP contribution in [0, 0.1) is 0 Å². The summed E-state index contributed by atoms with van der Waals surface area (Å²) in [7, 11) is 0. The minimum atomic E-state index is 0.509. The molecule has 2 heterocycles. The number of hydrogen-bond acceptors (Lipinski definition) is 4. The van der Waals surface area contributed by atoms with Gasteiger partial charge in [-0.05, 0) is 6.42 Å². The third-order valence-electron chi connectivity index (χ3n) is 2.99. The predicted octanol–water partition coefficient (Wildman–Crippen LogP) is 2.65. The summed E-state index contributed by atoms with van der Waals surface area (Å²) in [5.41, 5.74) is 1.85. The van der Waals surface area contributed by atoms with Gasteiger partial charge in [-0.2, -0.15) is 0 Å². The van der Waals surface area contributed by atoms with E-state index in [0.717, 1.165) is 47.8 Å². The van der Waals surface area contributed by atoms with Gasteiger partial charge in [0.25, 0.3) is 0 Å². The number of nitrogens with zero attached hydrogens (tertiary/aromatic N) is 1. The number of ether oxygens (including phenoxy) is 3. The second kappa shape index (κ2) is 5.48. The molecule has 1 aromatic carbocycles. The molecule has 102 valence electrons. The summed E-state index contributed by atoms with van der Waals surface area (Å²) < 4.78 is 16.8. The fraction of sp³-hybridized carbons (Fsp3) is 0.500. The van der Waals surface area contributed by atoms with Crippen LogP contribution in [0.2, 0.25) is 0 Å². The average molecular weight is 262 g/mol. The molecule has 0 spiro atoms. The highest BCUT2D eigenvalue weighted by atomic mass is 16.5. The maximum atomic E-state index is 5.66. The van der Waals surface area contributed by atoms with E-state index in [1.165, 1.54) is 0 Å². The van der Waals surface area contributed by atoms with Crippen molar-refractivity contribution in [3.8, 4) is 11.5 Å². The van der Waals surface area contributed by atoms with Gasteiger partial charge in [-0.15, -0.1) is 0 Å². The van der Waals surface area contributed by atoms with Crippen molar-refractivity contribution in [3.63, 3.8) is 0 Å². The van der Waals surface area contributed by atoms with Crippen LogP contribution in [0.25, 0.3) is 11.0 Å². The highest BCUT2D eigenvalue weighted by Gasteiger charge is 2.13. The lowest BCUT2D eigenvalue weighted by Crippen LogP contribution is -1.97. The number of aromatic amines is 1. The lowest BCUT2D eigenvalue weighted by Gasteiger charge is -2.05. The Morgan fingerprint density at radius 2 is 2.05 bits per heavy atom. The van der Waals surface area contributed by atoms with Gasteiger partial charge in [0.2, 0.25) is 0 Å². The van der Waals surface area contributed by atoms with Gasteiger partial charge in [-0.3, -0.25) is 0 Å². The summed E-state index contributed by atoms with van der Waals surface area (Å²) in [6.07, 6.45) is 1.92. The highest BCUT2D eigenvalue weighted by molar-refractivity contribution is 5.79. The predicted molar refractivity (Wildman–Crippen MR) is 71.6 cm³/mol. The number of nitrogens with one attached hydrogen (secondary N) is 1. The SMILES string of the molecule is CCCOCc1nc2cc3c(cc2[nH]1)OCCCO3. The lowest BCUT2D eigenvalue weighted by atomic mass is 10.3. The molecule has 1 aliphatic heterocycles. The first-order valence-corrected chi connectivity index (χ1v) is 6.73. The summed E-state index contributed by atoms with van der Waals surface area (Å²) in [5, 5.41) is 0. The van der Waals surface area contributed by atoms with E-state index in [1.54, 1.807) is 0 Å². The summed E-state index contributed by atoms with van der Waals surface area (Å²) in [4.78, 5) is 7.76. The Bertz CT molecular complexity index is 522. The van der Waals surface area contributed by atoms with Crippen molar-refractivity contribution in [3.05, 3.63) is 18.0 Å². The molecule has 0 amide bonds. The number of hydrogen-bond donors (Lipinski definition) is 1. The van der Waals surface area contributed by atoms with Crippen LogP contribution < -0.4 is 9.47 Å². The van der Waals surface area contributed by atoms with E-state index in [1.807, 2.05) is 12.1 Å². The molecule has 5 nitrogen and oxygen atoms in total. The van der Waals surface area contributed by atoms with Crippen molar-refractivity contribution in [2.45, 2.75) is 26.4 Å². The standard InChI is InChI=1S/C14H18N2O3/c1-2-4-17-9-14-15-10-7-12-13(8-11(10)16-14)19-6-3-5-18-12/h7-8H,2-6,9H2,1H3,(H,15,16). The van der Waals surface area contributed by atoms with E-state index in [-0.39, 0.29) is 0 Å². The topological polar surface area (TPSA) is 56.4 Å². The van der Waals surface area contributed by atoms with E-state index in [9.17, 15) is 0 Å². The Morgan fingerprint density at radius 3 is 2.84 bits per heavy atom. The van der Waals surface area contributed by atoms with Crippen molar-refractivity contribution in [2.24, 2.45) is 0 Å². The molecule has 1 aliphatic rings. The van der Waals surface area contributed by atoms with Crippen LogP contribution in [-0.2, 0) is 11.3 Å². The average Bonchev–Trinajstić information content (AvgIpc) is 2.65. The van der Waals surface area contributed by atoms with Crippen LogP contribution in [0.1, 0.15) is 25.6 Å². The smallest absolute Gasteiger partial charge is 0.163 e. The van der Waals surface area contributed by atoms with Crippen molar-refractivity contribution in [2.75, 3.05) is 19.8 Å². The molecule has 0 atom stereocenters. The van der Waals surface area contributed by atoms with Crippen molar-refractivity contribution in [1.82, 2.24) is 9.97 Å². The zero-order chi connectivity index (χ0) is 13.1. The van der Waals surface area contributed by atoms with Crippen LogP contribution in [-0.4, -0.2) is 29.8 Å². The maximum absolute atomic E-state index is 5.66. The quantitative estimate of drug-likeness (QED) is 0.861. The van der Waals surface area contributed by atoms with Gasteiger partial charge in [-0.1, -0.05) is 6.92 Å². The summed E-state index contributed by atoms with van der Waals surface area (Å²) >= 11 is 0. The van der Waals surface area contributed by atoms with Crippen molar-refractivity contribution >= 4 is 11.0 Å². The molecule has 19 heavy (non-hydrogen) atoms. The van der Waals surface area contributed by atoms with Gasteiger partial charge in [0.15, 0.2) is 11.5 Å². The largest absolute Gasteiger partial charge is 0.489 e. The normalized spacial score (nSPS) is 14.6. The molecule has 3 rings (SSSR count). The second-order valence-electron chi connectivity index (χ2n) is 4.60. The number of imidazole rings is 1. The Hall–Kier alpha value is -1.75. The Kier molecular flexibility index (Phi) is 3.55. The first kappa shape index (κ1) is 12.3. The third-order valence-corrected chi connectivity index (χ3v) is 2.99.